The summed E-state index contributed by atoms with van der Waals surface area (Å²) in [5.74, 6) is 1.94. The topological polar surface area (TPSA) is 55.2 Å². The smallest absolute Gasteiger partial charge is 0.147 e. The number of aromatic nitrogens is 3. The molecule has 1 aromatic heterocycles. The molecule has 0 amide bonds. The third-order valence-corrected chi connectivity index (χ3v) is 4.03. The molecule has 1 aliphatic rings. The Morgan fingerprint density at radius 3 is 2.81 bits per heavy atom. The molecule has 1 unspecified atom stereocenters. The second kappa shape index (κ2) is 6.24. The van der Waals surface area contributed by atoms with Crippen molar-refractivity contribution < 1.29 is 4.74 Å². The summed E-state index contributed by atoms with van der Waals surface area (Å²) in [4.78, 5) is 2.41. The molecule has 1 aromatic carbocycles. The molecule has 1 aliphatic heterocycles. The molecular formula is C15H21N5O. The fourth-order valence-corrected chi connectivity index (χ4v) is 2.73. The van der Waals surface area contributed by atoms with Crippen LogP contribution in [0, 0.1) is 0 Å². The molecule has 21 heavy (non-hydrogen) atoms. The largest absolute Gasteiger partial charge is 0.497 e. The fourth-order valence-electron chi connectivity index (χ4n) is 2.73. The van der Waals surface area contributed by atoms with Crippen LogP contribution >= 0.6 is 0 Å². The number of ether oxygens (including phenoxy) is 1. The molecule has 0 radical (unpaired) electrons. The van der Waals surface area contributed by atoms with E-state index in [-0.39, 0.29) is 0 Å². The van der Waals surface area contributed by atoms with E-state index < -0.39 is 0 Å². The van der Waals surface area contributed by atoms with Crippen molar-refractivity contribution in [1.29, 1.82) is 0 Å². The first-order valence-electron chi connectivity index (χ1n) is 7.20. The van der Waals surface area contributed by atoms with Crippen molar-refractivity contribution in [2.45, 2.75) is 19.1 Å². The van der Waals surface area contributed by atoms with Crippen LogP contribution in [0.15, 0.2) is 30.6 Å². The first kappa shape index (κ1) is 14.0. The van der Waals surface area contributed by atoms with Crippen molar-refractivity contribution in [2.24, 2.45) is 0 Å². The zero-order chi connectivity index (χ0) is 14.7. The number of hydrogen-bond acceptors (Lipinski definition) is 5. The maximum absolute atomic E-state index is 5.21. The molecular weight excluding hydrogens is 266 g/mol. The number of rotatable bonds is 5. The molecule has 0 aliphatic carbocycles. The van der Waals surface area contributed by atoms with Crippen LogP contribution in [-0.2, 0) is 13.1 Å². The Bertz CT molecular complexity index is 580. The first-order valence-corrected chi connectivity index (χ1v) is 7.20. The molecule has 0 saturated heterocycles. The van der Waals surface area contributed by atoms with Gasteiger partial charge in [-0.15, -0.1) is 10.2 Å². The van der Waals surface area contributed by atoms with Crippen LogP contribution in [0.25, 0.3) is 0 Å². The van der Waals surface area contributed by atoms with Gasteiger partial charge in [0.25, 0.3) is 0 Å². The summed E-state index contributed by atoms with van der Waals surface area (Å²) < 4.78 is 7.34. The lowest BCUT2D eigenvalue weighted by Crippen LogP contribution is -2.39. The quantitative estimate of drug-likeness (QED) is 0.891. The Hall–Kier alpha value is -1.92. The molecule has 3 rings (SSSR count). The van der Waals surface area contributed by atoms with Crippen molar-refractivity contribution in [1.82, 2.24) is 25.0 Å². The highest BCUT2D eigenvalue weighted by atomic mass is 16.5. The summed E-state index contributed by atoms with van der Waals surface area (Å²) in [6.45, 7) is 3.80. The number of hydrogen-bond donors (Lipinski definition) is 1. The van der Waals surface area contributed by atoms with Crippen molar-refractivity contribution >= 4 is 0 Å². The van der Waals surface area contributed by atoms with Gasteiger partial charge in [-0.2, -0.15) is 0 Å². The molecule has 1 N–H and O–H groups in total. The maximum Gasteiger partial charge on any atom is 0.147 e. The van der Waals surface area contributed by atoms with E-state index in [4.69, 9.17) is 4.74 Å². The molecule has 2 heterocycles. The van der Waals surface area contributed by atoms with Crippen LogP contribution in [-0.4, -0.2) is 46.9 Å². The Balaban J connectivity index is 1.67. The van der Waals surface area contributed by atoms with Crippen LogP contribution in [0.3, 0.4) is 0 Å². The van der Waals surface area contributed by atoms with Gasteiger partial charge in [0, 0.05) is 25.7 Å². The van der Waals surface area contributed by atoms with Gasteiger partial charge in [-0.05, 0) is 24.7 Å². The number of likely N-dealkylation sites (N-methyl/N-ethyl adjacent to an activating group) is 1. The van der Waals surface area contributed by atoms with Crippen LogP contribution in [0.5, 0.6) is 5.75 Å². The normalized spacial score (nSPS) is 16.5. The van der Waals surface area contributed by atoms with E-state index in [0.29, 0.717) is 6.04 Å². The van der Waals surface area contributed by atoms with E-state index in [2.05, 4.69) is 37.1 Å². The van der Waals surface area contributed by atoms with Gasteiger partial charge in [-0.1, -0.05) is 12.1 Å². The van der Waals surface area contributed by atoms with Crippen molar-refractivity contribution in [3.63, 3.8) is 0 Å². The molecule has 0 fully saturated rings. The summed E-state index contributed by atoms with van der Waals surface area (Å²) in [7, 11) is 3.69. The van der Waals surface area contributed by atoms with Crippen molar-refractivity contribution in [2.75, 3.05) is 27.2 Å². The predicted molar refractivity (Wildman–Crippen MR) is 80.1 cm³/mol. The van der Waals surface area contributed by atoms with Gasteiger partial charge in [0.15, 0.2) is 0 Å². The highest BCUT2D eigenvalue weighted by Crippen LogP contribution is 2.20. The molecule has 6 heteroatoms. The molecule has 1 atom stereocenters. The number of nitrogens with zero attached hydrogens (tertiary/aromatic N) is 4. The van der Waals surface area contributed by atoms with E-state index >= 15 is 0 Å². The molecule has 2 aromatic rings. The molecule has 0 bridgehead atoms. The Morgan fingerprint density at radius 2 is 2.10 bits per heavy atom. The highest BCUT2D eigenvalue weighted by Gasteiger charge is 2.20. The summed E-state index contributed by atoms with van der Waals surface area (Å²) >= 11 is 0. The average molecular weight is 287 g/mol. The standard InChI is InChI=1S/C15H21N5O/c1-16-14(12-3-5-13(21-2)6-4-12)9-19-7-8-20-11-17-18-15(20)10-19/h3-6,11,14,16H,7-10H2,1-2H3. The average Bonchev–Trinajstić information content (AvgIpc) is 3.00. The van der Waals surface area contributed by atoms with E-state index in [1.54, 1.807) is 7.11 Å². The Kier molecular flexibility index (Phi) is 4.17. The molecule has 112 valence electrons. The number of benzene rings is 1. The van der Waals surface area contributed by atoms with E-state index in [1.165, 1.54) is 5.56 Å². The summed E-state index contributed by atoms with van der Waals surface area (Å²) in [6.07, 6.45) is 1.81. The monoisotopic (exact) mass is 287 g/mol. The van der Waals surface area contributed by atoms with Crippen LogP contribution < -0.4 is 10.1 Å². The molecule has 6 nitrogen and oxygen atoms in total. The minimum absolute atomic E-state index is 0.297. The zero-order valence-electron chi connectivity index (χ0n) is 12.5. The number of methoxy groups -OCH3 is 1. The van der Waals surface area contributed by atoms with Gasteiger partial charge in [0.1, 0.15) is 17.9 Å². The molecule has 0 spiro atoms. The molecule has 0 saturated carbocycles. The van der Waals surface area contributed by atoms with Gasteiger partial charge < -0.3 is 14.6 Å². The van der Waals surface area contributed by atoms with Crippen molar-refractivity contribution in [3.05, 3.63) is 42.0 Å². The number of fused-ring (bicyclic) bond motifs is 1. The lowest BCUT2D eigenvalue weighted by atomic mass is 10.1. The van der Waals surface area contributed by atoms with Crippen molar-refractivity contribution in [3.8, 4) is 5.75 Å². The Labute approximate surface area is 124 Å². The minimum atomic E-state index is 0.297. The third kappa shape index (κ3) is 3.06. The lowest BCUT2D eigenvalue weighted by molar-refractivity contribution is 0.197. The third-order valence-electron chi connectivity index (χ3n) is 4.03. The van der Waals surface area contributed by atoms with E-state index in [9.17, 15) is 0 Å². The van der Waals surface area contributed by atoms with Gasteiger partial charge in [-0.3, -0.25) is 4.90 Å². The summed E-state index contributed by atoms with van der Waals surface area (Å²) in [5, 5.41) is 11.5. The van der Waals surface area contributed by atoms with Crippen LogP contribution in [0.2, 0.25) is 0 Å². The predicted octanol–water partition coefficient (Wildman–Crippen LogP) is 1.06. The van der Waals surface area contributed by atoms with Gasteiger partial charge >= 0.3 is 0 Å². The zero-order valence-corrected chi connectivity index (χ0v) is 12.5. The number of nitrogens with one attached hydrogen (secondary N) is 1. The fraction of sp³-hybridized carbons (Fsp3) is 0.467. The Morgan fingerprint density at radius 1 is 1.29 bits per heavy atom. The lowest BCUT2D eigenvalue weighted by Gasteiger charge is -2.30. The second-order valence-electron chi connectivity index (χ2n) is 5.29. The summed E-state index contributed by atoms with van der Waals surface area (Å²) in [6, 6.07) is 8.54. The van der Waals surface area contributed by atoms with Gasteiger partial charge in [0.2, 0.25) is 0 Å². The highest BCUT2D eigenvalue weighted by molar-refractivity contribution is 5.29. The van der Waals surface area contributed by atoms with Crippen LogP contribution in [0.1, 0.15) is 17.4 Å². The summed E-state index contributed by atoms with van der Waals surface area (Å²) in [5.41, 5.74) is 1.27. The van der Waals surface area contributed by atoms with E-state index in [1.807, 2.05) is 25.5 Å². The maximum atomic E-state index is 5.21. The first-order chi connectivity index (χ1) is 10.3. The van der Waals surface area contributed by atoms with Gasteiger partial charge in [0.05, 0.1) is 13.7 Å². The van der Waals surface area contributed by atoms with Gasteiger partial charge in [-0.25, -0.2) is 0 Å². The minimum Gasteiger partial charge on any atom is -0.497 e. The van der Waals surface area contributed by atoms with E-state index in [0.717, 1.165) is 37.8 Å². The SMILES string of the molecule is CNC(CN1CCn2cnnc2C1)c1ccc(OC)cc1. The van der Waals surface area contributed by atoms with Crippen LogP contribution in [0.4, 0.5) is 0 Å². The second-order valence-corrected chi connectivity index (χ2v) is 5.29.